The fraction of sp³-hybridized carbons (Fsp3) is 0.600. The van der Waals surface area contributed by atoms with Gasteiger partial charge in [-0.05, 0) is 97.9 Å². The Hall–Kier alpha value is -2.09. The van der Waals surface area contributed by atoms with Gasteiger partial charge in [0.25, 0.3) is 0 Å². The molecule has 8 heteroatoms. The number of amides is 1. The number of carbonyl (C=O) groups excluding carboxylic acids is 1. The molecule has 6 rings (SSSR count). The average molecular weight is 400 g/mol. The second kappa shape index (κ2) is 6.76. The van der Waals surface area contributed by atoms with Crippen molar-refractivity contribution in [2.75, 3.05) is 0 Å². The molecular formula is C20H25N5O2S. The highest BCUT2D eigenvalue weighted by molar-refractivity contribution is 8.00. The molecule has 2 N–H and O–H groups in total. The summed E-state index contributed by atoms with van der Waals surface area (Å²) in [5.74, 6) is 2.67. The van der Waals surface area contributed by atoms with Gasteiger partial charge in [0.15, 0.2) is 0 Å². The van der Waals surface area contributed by atoms with E-state index in [-0.39, 0.29) is 22.4 Å². The van der Waals surface area contributed by atoms with Crippen LogP contribution in [0.25, 0.3) is 5.69 Å². The molecule has 7 nitrogen and oxygen atoms in total. The summed E-state index contributed by atoms with van der Waals surface area (Å²) in [7, 11) is 0. The molecule has 1 aromatic heterocycles. The molecule has 4 aliphatic carbocycles. The third-order valence-corrected chi connectivity index (χ3v) is 7.65. The highest BCUT2D eigenvalue weighted by atomic mass is 32.2. The zero-order chi connectivity index (χ0) is 19.3. The van der Waals surface area contributed by atoms with E-state index in [1.807, 2.05) is 6.92 Å². The zero-order valence-corrected chi connectivity index (χ0v) is 16.7. The number of thioether (sulfide) groups is 1. The van der Waals surface area contributed by atoms with Crippen LogP contribution in [0, 0.1) is 17.8 Å². The lowest BCUT2D eigenvalue weighted by atomic mass is 9.53. The van der Waals surface area contributed by atoms with Crippen molar-refractivity contribution in [3.63, 3.8) is 0 Å². The van der Waals surface area contributed by atoms with Crippen molar-refractivity contribution in [3.05, 3.63) is 24.3 Å². The Morgan fingerprint density at radius 3 is 2.39 bits per heavy atom. The summed E-state index contributed by atoms with van der Waals surface area (Å²) in [6.07, 6.45) is 7.52. The van der Waals surface area contributed by atoms with Gasteiger partial charge in [-0.1, -0.05) is 11.8 Å². The Morgan fingerprint density at radius 2 is 1.79 bits per heavy atom. The summed E-state index contributed by atoms with van der Waals surface area (Å²) in [5, 5.41) is 25.1. The lowest BCUT2D eigenvalue weighted by molar-refractivity contribution is -0.126. The maximum absolute atomic E-state index is 13.0. The molecule has 1 amide bonds. The topological polar surface area (TPSA) is 92.9 Å². The normalized spacial score (nSPS) is 31.7. The minimum absolute atomic E-state index is 0.0174. The Morgan fingerprint density at radius 1 is 1.18 bits per heavy atom. The van der Waals surface area contributed by atoms with Crippen molar-refractivity contribution in [1.82, 2.24) is 25.5 Å². The largest absolute Gasteiger partial charge is 0.508 e. The standard InChI is InChI=1S/C20H25N5O2S/c1-12(28-19-22-23-24-25(19)16-2-4-17(26)5-3-16)18(27)21-20-9-13-6-14(10-20)8-15(7-13)11-20/h2-5,12-15,26H,6-11H2,1H3,(H,21,27)/t12-,13?,14?,15?,20?/m1/s1. The SMILES string of the molecule is C[C@@H](Sc1nnnn1-c1ccc(O)cc1)C(=O)NC12CC3CC(CC(C3)C1)C2. The number of tetrazole rings is 1. The van der Waals surface area contributed by atoms with Crippen LogP contribution in [0.1, 0.15) is 45.4 Å². The minimum Gasteiger partial charge on any atom is -0.508 e. The van der Waals surface area contributed by atoms with E-state index in [1.54, 1.807) is 28.9 Å². The van der Waals surface area contributed by atoms with Crippen LogP contribution in [-0.4, -0.2) is 42.0 Å². The number of rotatable bonds is 5. The van der Waals surface area contributed by atoms with E-state index in [9.17, 15) is 9.90 Å². The Kier molecular flexibility index (Phi) is 4.34. The molecule has 0 radical (unpaired) electrons. The van der Waals surface area contributed by atoms with Crippen molar-refractivity contribution < 1.29 is 9.90 Å². The number of nitrogens with zero attached hydrogens (tertiary/aromatic N) is 4. The minimum atomic E-state index is -0.283. The van der Waals surface area contributed by atoms with E-state index in [0.717, 1.165) is 42.7 Å². The first kappa shape index (κ1) is 18.0. The van der Waals surface area contributed by atoms with E-state index < -0.39 is 0 Å². The lowest BCUT2D eigenvalue weighted by Gasteiger charge is -2.57. The third kappa shape index (κ3) is 3.27. The first-order valence-corrected chi connectivity index (χ1v) is 10.9. The highest BCUT2D eigenvalue weighted by Crippen LogP contribution is 2.55. The summed E-state index contributed by atoms with van der Waals surface area (Å²) >= 11 is 1.36. The summed E-state index contributed by atoms with van der Waals surface area (Å²) in [6, 6.07) is 6.68. The monoisotopic (exact) mass is 399 g/mol. The van der Waals surface area contributed by atoms with Crippen molar-refractivity contribution in [1.29, 1.82) is 0 Å². The number of phenols is 1. The molecule has 0 saturated heterocycles. The first-order valence-electron chi connectivity index (χ1n) is 10.1. The summed E-state index contributed by atoms with van der Waals surface area (Å²) in [6.45, 7) is 1.91. The number of hydrogen-bond donors (Lipinski definition) is 2. The number of aromatic nitrogens is 4. The van der Waals surface area contributed by atoms with Gasteiger partial charge in [0.1, 0.15) is 5.75 Å². The average Bonchev–Trinajstić information content (AvgIpc) is 3.09. The molecular weight excluding hydrogens is 374 g/mol. The number of phenolic OH excluding ortho intramolecular Hbond substituents is 1. The number of nitrogens with one attached hydrogen (secondary N) is 1. The maximum atomic E-state index is 13.0. The van der Waals surface area contributed by atoms with Crippen LogP contribution >= 0.6 is 11.8 Å². The fourth-order valence-electron chi connectivity index (χ4n) is 5.85. The van der Waals surface area contributed by atoms with Crippen LogP contribution < -0.4 is 5.32 Å². The second-order valence-corrected chi connectivity index (χ2v) is 10.1. The molecule has 28 heavy (non-hydrogen) atoms. The zero-order valence-electron chi connectivity index (χ0n) is 15.9. The van der Waals surface area contributed by atoms with Gasteiger partial charge in [0.2, 0.25) is 11.1 Å². The van der Waals surface area contributed by atoms with E-state index in [1.165, 1.54) is 31.0 Å². The quantitative estimate of drug-likeness (QED) is 0.751. The molecule has 4 saturated carbocycles. The molecule has 2 aromatic rings. The van der Waals surface area contributed by atoms with Gasteiger partial charge in [0, 0.05) is 5.54 Å². The van der Waals surface area contributed by atoms with E-state index >= 15 is 0 Å². The Balaban J connectivity index is 1.28. The second-order valence-electron chi connectivity index (χ2n) is 8.84. The lowest BCUT2D eigenvalue weighted by Crippen LogP contribution is -2.60. The van der Waals surface area contributed by atoms with Crippen LogP contribution in [-0.2, 0) is 4.79 Å². The van der Waals surface area contributed by atoms with Crippen molar-refractivity contribution >= 4 is 17.7 Å². The Labute approximate surface area is 168 Å². The van der Waals surface area contributed by atoms with Gasteiger partial charge in [0.05, 0.1) is 10.9 Å². The third-order valence-electron chi connectivity index (χ3n) is 6.61. The van der Waals surface area contributed by atoms with Gasteiger partial charge < -0.3 is 10.4 Å². The van der Waals surface area contributed by atoms with Gasteiger partial charge in [-0.3, -0.25) is 4.79 Å². The van der Waals surface area contributed by atoms with Crippen molar-refractivity contribution in [3.8, 4) is 11.4 Å². The van der Waals surface area contributed by atoms with Gasteiger partial charge >= 0.3 is 0 Å². The number of benzene rings is 1. The first-order chi connectivity index (χ1) is 13.5. The molecule has 4 aliphatic rings. The highest BCUT2D eigenvalue weighted by Gasteiger charge is 2.51. The molecule has 0 unspecified atom stereocenters. The van der Waals surface area contributed by atoms with Crippen molar-refractivity contribution in [2.45, 2.75) is 61.4 Å². The molecule has 148 valence electrons. The van der Waals surface area contributed by atoms with E-state index in [0.29, 0.717) is 5.16 Å². The summed E-state index contributed by atoms with van der Waals surface area (Å²) < 4.78 is 1.60. The fourth-order valence-corrected chi connectivity index (χ4v) is 6.65. The van der Waals surface area contributed by atoms with Crippen LogP contribution in [0.2, 0.25) is 0 Å². The number of aromatic hydroxyl groups is 1. The molecule has 0 aliphatic heterocycles. The van der Waals surface area contributed by atoms with E-state index in [4.69, 9.17) is 0 Å². The number of hydrogen-bond acceptors (Lipinski definition) is 6. The molecule has 1 heterocycles. The smallest absolute Gasteiger partial charge is 0.233 e. The summed E-state index contributed by atoms with van der Waals surface area (Å²) in [5.41, 5.74) is 0.766. The van der Waals surface area contributed by atoms with Crippen LogP contribution in [0.4, 0.5) is 0 Å². The Bertz CT molecular complexity index is 846. The van der Waals surface area contributed by atoms with E-state index in [2.05, 4.69) is 20.8 Å². The molecule has 0 spiro atoms. The van der Waals surface area contributed by atoms with Gasteiger partial charge in [-0.2, -0.15) is 4.68 Å². The molecule has 1 atom stereocenters. The van der Waals surface area contributed by atoms with Crippen LogP contribution in [0.3, 0.4) is 0 Å². The van der Waals surface area contributed by atoms with Gasteiger partial charge in [-0.15, -0.1) is 5.10 Å². The van der Waals surface area contributed by atoms with Gasteiger partial charge in [-0.25, -0.2) is 0 Å². The summed E-state index contributed by atoms with van der Waals surface area (Å²) in [4.78, 5) is 13.0. The molecule has 4 bridgehead atoms. The molecule has 4 fully saturated rings. The molecule has 1 aromatic carbocycles. The predicted molar refractivity (Wildman–Crippen MR) is 105 cm³/mol. The van der Waals surface area contributed by atoms with Crippen LogP contribution in [0.5, 0.6) is 5.75 Å². The number of carbonyl (C=O) groups is 1. The predicted octanol–water partition coefficient (Wildman–Crippen LogP) is 2.93. The maximum Gasteiger partial charge on any atom is 0.233 e. The van der Waals surface area contributed by atoms with Crippen LogP contribution in [0.15, 0.2) is 29.4 Å². The van der Waals surface area contributed by atoms with Crippen molar-refractivity contribution in [2.24, 2.45) is 17.8 Å².